The van der Waals surface area contributed by atoms with E-state index in [0.717, 1.165) is 30.6 Å². The highest BCUT2D eigenvalue weighted by atomic mass is 35.5. The lowest BCUT2D eigenvalue weighted by Crippen LogP contribution is -2.35. The van der Waals surface area contributed by atoms with Crippen LogP contribution in [0.4, 0.5) is 5.69 Å². The molecule has 2 N–H and O–H groups in total. The summed E-state index contributed by atoms with van der Waals surface area (Å²) in [6.45, 7) is 5.49. The van der Waals surface area contributed by atoms with Crippen LogP contribution in [-0.4, -0.2) is 43.7 Å². The Labute approximate surface area is 126 Å². The molecule has 20 heavy (non-hydrogen) atoms. The topological polar surface area (TPSA) is 32.5 Å². The number of hydrogen-bond acceptors (Lipinski definition) is 3. The number of benzene rings is 1. The van der Waals surface area contributed by atoms with Crippen LogP contribution in [0.3, 0.4) is 0 Å². The van der Waals surface area contributed by atoms with E-state index in [1.54, 1.807) is 0 Å². The Hall–Kier alpha value is -0.770. The van der Waals surface area contributed by atoms with Gasteiger partial charge >= 0.3 is 0 Å². The summed E-state index contributed by atoms with van der Waals surface area (Å²) in [4.78, 5) is 5.16. The second-order valence-electron chi connectivity index (χ2n) is 5.91. The summed E-state index contributed by atoms with van der Waals surface area (Å²) in [5, 5.41) is 0.859. The summed E-state index contributed by atoms with van der Waals surface area (Å²) in [7, 11) is 0. The molecule has 2 fully saturated rings. The maximum Gasteiger partial charge on any atom is 0.0459 e. The highest BCUT2D eigenvalue weighted by molar-refractivity contribution is 6.31. The predicted octanol–water partition coefficient (Wildman–Crippen LogP) is 2.52. The minimum atomic E-state index is 0.653. The van der Waals surface area contributed by atoms with Crippen LogP contribution in [0.15, 0.2) is 18.2 Å². The molecule has 1 aromatic carbocycles. The maximum atomic E-state index is 6.36. The molecule has 1 unspecified atom stereocenters. The van der Waals surface area contributed by atoms with Gasteiger partial charge in [-0.3, -0.25) is 4.90 Å². The first-order chi connectivity index (χ1) is 9.79. The smallest absolute Gasteiger partial charge is 0.0459 e. The third-order valence-corrected chi connectivity index (χ3v) is 5.00. The molecule has 2 aliphatic heterocycles. The lowest BCUT2D eigenvalue weighted by molar-refractivity contribution is 0.260. The van der Waals surface area contributed by atoms with Crippen molar-refractivity contribution >= 4 is 17.3 Å². The monoisotopic (exact) mass is 293 g/mol. The van der Waals surface area contributed by atoms with Crippen molar-refractivity contribution in [2.24, 2.45) is 5.73 Å². The zero-order chi connectivity index (χ0) is 13.9. The van der Waals surface area contributed by atoms with E-state index in [2.05, 4.69) is 21.9 Å². The zero-order valence-corrected chi connectivity index (χ0v) is 12.8. The average molecular weight is 294 g/mol. The van der Waals surface area contributed by atoms with Crippen molar-refractivity contribution in [1.82, 2.24) is 4.90 Å². The van der Waals surface area contributed by atoms with Crippen LogP contribution in [0.5, 0.6) is 0 Å². The van der Waals surface area contributed by atoms with E-state index in [4.69, 9.17) is 17.3 Å². The number of likely N-dealkylation sites (tertiary alicyclic amines) is 1. The molecule has 0 saturated carbocycles. The van der Waals surface area contributed by atoms with E-state index in [-0.39, 0.29) is 0 Å². The second-order valence-corrected chi connectivity index (χ2v) is 6.31. The van der Waals surface area contributed by atoms with Gasteiger partial charge in [-0.1, -0.05) is 17.7 Å². The lowest BCUT2D eigenvalue weighted by atomic mass is 10.1. The van der Waals surface area contributed by atoms with Gasteiger partial charge in [0.15, 0.2) is 0 Å². The van der Waals surface area contributed by atoms with Crippen LogP contribution < -0.4 is 10.6 Å². The van der Waals surface area contributed by atoms with Gasteiger partial charge in [0.2, 0.25) is 0 Å². The summed E-state index contributed by atoms with van der Waals surface area (Å²) in [5.74, 6) is 0. The fraction of sp³-hybridized carbons (Fsp3) is 0.625. The molecule has 1 atom stereocenters. The van der Waals surface area contributed by atoms with Crippen LogP contribution in [-0.2, 0) is 6.42 Å². The van der Waals surface area contributed by atoms with Gasteiger partial charge in [0.25, 0.3) is 0 Å². The minimum Gasteiger partial charge on any atom is -0.370 e. The van der Waals surface area contributed by atoms with Gasteiger partial charge in [0.05, 0.1) is 0 Å². The molecule has 110 valence electrons. The van der Waals surface area contributed by atoms with E-state index in [0.29, 0.717) is 6.54 Å². The van der Waals surface area contributed by atoms with Crippen molar-refractivity contribution < 1.29 is 0 Å². The molecule has 0 spiro atoms. The molecular weight excluding hydrogens is 270 g/mol. The molecule has 2 saturated heterocycles. The standard InChI is InChI=1S/C16H24ClN3/c17-15-4-3-5-16(14(15)6-8-18)20-11-7-13(12-20)19-9-1-2-10-19/h3-5,13H,1-2,6-12,18H2. The van der Waals surface area contributed by atoms with E-state index >= 15 is 0 Å². The Balaban J connectivity index is 1.75. The maximum absolute atomic E-state index is 6.36. The summed E-state index contributed by atoms with van der Waals surface area (Å²) >= 11 is 6.36. The molecule has 4 heteroatoms. The third-order valence-electron chi connectivity index (χ3n) is 4.65. The zero-order valence-electron chi connectivity index (χ0n) is 12.0. The third kappa shape index (κ3) is 2.80. The number of halogens is 1. The first kappa shape index (κ1) is 14.2. The summed E-state index contributed by atoms with van der Waals surface area (Å²) in [5.41, 5.74) is 8.26. The Kier molecular flexibility index (Phi) is 4.49. The number of anilines is 1. The van der Waals surface area contributed by atoms with Crippen molar-refractivity contribution in [2.45, 2.75) is 31.7 Å². The molecule has 0 aromatic heterocycles. The minimum absolute atomic E-state index is 0.653. The van der Waals surface area contributed by atoms with Gasteiger partial charge in [0.1, 0.15) is 0 Å². The quantitative estimate of drug-likeness (QED) is 0.926. The molecule has 0 radical (unpaired) electrons. The number of rotatable bonds is 4. The summed E-state index contributed by atoms with van der Waals surface area (Å²) in [6, 6.07) is 6.95. The van der Waals surface area contributed by atoms with E-state index in [1.807, 2.05) is 6.07 Å². The number of nitrogens with two attached hydrogens (primary N) is 1. The Morgan fingerprint density at radius 1 is 1.20 bits per heavy atom. The van der Waals surface area contributed by atoms with Gasteiger partial charge in [-0.2, -0.15) is 0 Å². The molecular formula is C16H24ClN3. The molecule has 0 aliphatic carbocycles. The average Bonchev–Trinajstić information content (AvgIpc) is 3.11. The Morgan fingerprint density at radius 3 is 2.75 bits per heavy atom. The molecule has 2 aliphatic rings. The van der Waals surface area contributed by atoms with Gasteiger partial charge < -0.3 is 10.6 Å². The van der Waals surface area contributed by atoms with Gasteiger partial charge in [-0.25, -0.2) is 0 Å². The molecule has 0 amide bonds. The first-order valence-electron chi connectivity index (χ1n) is 7.76. The van der Waals surface area contributed by atoms with Crippen molar-refractivity contribution in [2.75, 3.05) is 37.6 Å². The van der Waals surface area contributed by atoms with Gasteiger partial charge in [-0.05, 0) is 63.0 Å². The van der Waals surface area contributed by atoms with E-state index in [9.17, 15) is 0 Å². The normalized spacial score (nSPS) is 23.7. The van der Waals surface area contributed by atoms with Gasteiger partial charge in [-0.15, -0.1) is 0 Å². The molecule has 2 heterocycles. The van der Waals surface area contributed by atoms with Crippen LogP contribution in [0.25, 0.3) is 0 Å². The Bertz CT molecular complexity index is 457. The second kappa shape index (κ2) is 6.33. The molecule has 0 bridgehead atoms. The number of hydrogen-bond donors (Lipinski definition) is 1. The number of nitrogens with zero attached hydrogens (tertiary/aromatic N) is 2. The molecule has 3 rings (SSSR count). The fourth-order valence-electron chi connectivity index (χ4n) is 3.60. The van der Waals surface area contributed by atoms with Crippen molar-refractivity contribution in [3.05, 3.63) is 28.8 Å². The van der Waals surface area contributed by atoms with Crippen LogP contribution in [0.2, 0.25) is 5.02 Å². The SMILES string of the molecule is NCCc1c(Cl)cccc1N1CCC(N2CCCC2)C1. The summed E-state index contributed by atoms with van der Waals surface area (Å²) < 4.78 is 0. The van der Waals surface area contributed by atoms with Crippen molar-refractivity contribution in [3.63, 3.8) is 0 Å². The molecule has 1 aromatic rings. The fourth-order valence-corrected chi connectivity index (χ4v) is 3.86. The highest BCUT2D eigenvalue weighted by Gasteiger charge is 2.30. The van der Waals surface area contributed by atoms with E-state index < -0.39 is 0 Å². The largest absolute Gasteiger partial charge is 0.370 e. The van der Waals surface area contributed by atoms with Crippen LogP contribution >= 0.6 is 11.6 Å². The van der Waals surface area contributed by atoms with Crippen molar-refractivity contribution in [1.29, 1.82) is 0 Å². The molecule has 3 nitrogen and oxygen atoms in total. The Morgan fingerprint density at radius 2 is 2.00 bits per heavy atom. The highest BCUT2D eigenvalue weighted by Crippen LogP contribution is 2.31. The predicted molar refractivity (Wildman–Crippen MR) is 85.6 cm³/mol. The van der Waals surface area contributed by atoms with Crippen molar-refractivity contribution in [3.8, 4) is 0 Å². The van der Waals surface area contributed by atoms with Crippen LogP contribution in [0, 0.1) is 0 Å². The van der Waals surface area contributed by atoms with Gasteiger partial charge in [0, 0.05) is 29.8 Å². The van der Waals surface area contributed by atoms with E-state index in [1.165, 1.54) is 43.6 Å². The lowest BCUT2D eigenvalue weighted by Gasteiger charge is -2.26. The van der Waals surface area contributed by atoms with Crippen LogP contribution in [0.1, 0.15) is 24.8 Å². The first-order valence-corrected chi connectivity index (χ1v) is 8.14. The summed E-state index contributed by atoms with van der Waals surface area (Å²) in [6.07, 6.45) is 4.87.